The molecular weight excluding hydrogens is 1590 g/mol. The number of ether oxygens (including phenoxy) is 9. The molecule has 11 aliphatic rings. The Morgan fingerprint density at radius 3 is 1.18 bits per heavy atom. The van der Waals surface area contributed by atoms with Crippen LogP contribution in [0.1, 0.15) is 117 Å². The van der Waals surface area contributed by atoms with E-state index in [1.807, 2.05) is 0 Å². The van der Waals surface area contributed by atoms with E-state index < -0.39 is 188 Å². The molecule has 606 valence electrons. The van der Waals surface area contributed by atoms with Gasteiger partial charge in [0.25, 0.3) is 23.5 Å². The van der Waals surface area contributed by atoms with Crippen LogP contribution in [0.2, 0.25) is 0 Å². The number of anilines is 3. The summed E-state index contributed by atoms with van der Waals surface area (Å²) in [6.07, 6.45) is -13.4. The number of fused-ring (bicyclic) bond motifs is 6. The number of hydrogen-bond donors (Lipinski definition) is 4. The highest BCUT2D eigenvalue weighted by Crippen LogP contribution is 2.64. The third-order valence-corrected chi connectivity index (χ3v) is 23.0. The van der Waals surface area contributed by atoms with E-state index in [0.29, 0.717) is 43.3 Å². The zero-order chi connectivity index (χ0) is 80.4. The van der Waals surface area contributed by atoms with Gasteiger partial charge in [0.15, 0.2) is 52.8 Å². The van der Waals surface area contributed by atoms with E-state index in [1.165, 1.54) is 68.4 Å². The van der Waals surface area contributed by atoms with Gasteiger partial charge >= 0.3 is 70.6 Å². The lowest BCUT2D eigenvalue weighted by molar-refractivity contribution is -0.154. The number of hydrogen-bond acceptors (Lipinski definition) is 31. The second-order valence-corrected chi connectivity index (χ2v) is 32.5. The lowest BCUT2D eigenvalue weighted by atomic mass is 10.1. The van der Waals surface area contributed by atoms with Gasteiger partial charge in [0.2, 0.25) is 18.7 Å². The van der Waals surface area contributed by atoms with E-state index in [-0.39, 0.29) is 51.2 Å². The quantitative estimate of drug-likeness (QED) is 0.0519. The van der Waals surface area contributed by atoms with Gasteiger partial charge < -0.3 is 63.7 Å². The van der Waals surface area contributed by atoms with E-state index in [4.69, 9.17) is 88.5 Å². The summed E-state index contributed by atoms with van der Waals surface area (Å²) in [4.78, 5) is 98.0. The zero-order valence-corrected chi connectivity index (χ0v) is 62.2. The van der Waals surface area contributed by atoms with Gasteiger partial charge in [0.05, 0.1) is 38.1 Å². The second-order valence-electron chi connectivity index (χ2n) is 27.8. The van der Waals surface area contributed by atoms with Crippen molar-refractivity contribution < 1.29 is 148 Å². The molecule has 4 N–H and O–H groups in total. The number of halogens is 6. The summed E-state index contributed by atoms with van der Waals surface area (Å²) in [5.41, 5.74) is -3.24. The lowest BCUT2D eigenvalue weighted by Crippen LogP contribution is -2.45. The Bertz CT molecular complexity index is 5170. The van der Waals surface area contributed by atoms with Gasteiger partial charge in [-0.2, -0.15) is 41.3 Å². The zero-order valence-electron chi connectivity index (χ0n) is 59.5. The van der Waals surface area contributed by atoms with Crippen LogP contribution in [0.3, 0.4) is 0 Å². The molecule has 2 spiro atoms. The molecule has 9 aliphatic heterocycles. The molecule has 38 nitrogen and oxygen atoms in total. The Morgan fingerprint density at radius 2 is 0.823 bits per heavy atom. The summed E-state index contributed by atoms with van der Waals surface area (Å²) in [5.74, 6) is -13.8. The fourth-order valence-electron chi connectivity index (χ4n) is 12.6. The molecule has 3 aromatic carbocycles. The largest absolute Gasteiger partial charge is 0.486 e. The first-order valence-corrected chi connectivity index (χ1v) is 39.0. The summed E-state index contributed by atoms with van der Waals surface area (Å²) in [7, 11) is -12.8. The predicted octanol–water partition coefficient (Wildman–Crippen LogP) is 8.68. The molecule has 6 aromatic rings. The Balaban J connectivity index is 0.000000134. The molecule has 47 heteroatoms. The molecule has 6 saturated heterocycles. The number of carbonyl (C=O) groups excluding carboxylic acids is 3. The molecule has 17 rings (SSSR count). The molecule has 0 radical (unpaired) electrons. The van der Waals surface area contributed by atoms with Crippen LogP contribution in [-0.2, 0) is 73.4 Å². The highest BCUT2D eigenvalue weighted by atomic mass is 31.2. The third kappa shape index (κ3) is 16.0. The number of aromatic nitrogens is 6. The molecule has 7 unspecified atom stereocenters. The number of nitrogens with one attached hydrogen (secondary N) is 3. The number of carboxylic acid groups (broad SMARTS) is 1. The van der Waals surface area contributed by atoms with Crippen LogP contribution in [0.5, 0.6) is 34.5 Å². The van der Waals surface area contributed by atoms with Crippen molar-refractivity contribution in [2.45, 2.75) is 176 Å². The van der Waals surface area contributed by atoms with Crippen LogP contribution < -0.4 is 61.4 Å². The lowest BCUT2D eigenvalue weighted by Gasteiger charge is -2.32. The number of benzene rings is 3. The second kappa shape index (κ2) is 29.2. The standard InChI is InChI=1S/C23H24F2N3O9P.C22H22F2N3O9P.C21H20F2N3O11P/c1-12(2)36-38(31)33-10-16-18(37-38)23(24,25)20(34-16)28-8-5-17(27-21(28)30)26-19(29)13-3-4-14-15(9-13)35-22(6-7-22)11-32-14;1-11(2)35-37(30)31-10-15-17(36-37)22(23,24)19(32-15)27-8-5-16(26-20(27)29)25-18(28)12-3-4-13-14(9-12)34-21(33-13)6-7-21;1-9(2)36-38(31)32-8-13-15(37-38)21(22,23)19(35-13)26-6-5-14(25-20(26)30)24-16(27)10-3-4-11-12(7-10)34-18(33-11)17(28)29/h3-5,8-9,12,16,18,20H,6-7,10-11H2,1-2H3,(H,26,27,29,30);3-5,8-9,11,15,17,19H,6-7,10H2,1-2H3,(H,25,26,28,29);3-7,9,13,15,18-19H,8H2,1-2H3,(H,28,29)(H,24,25,27,30)/t16-,18-,20?,38?;15-,17-,19?,37?;13-,15-,18?,19?,38?/m111/s1. The average Bonchev–Trinajstić information content (AvgIpc) is 1.60. The molecule has 2 saturated carbocycles. The highest BCUT2D eigenvalue weighted by molar-refractivity contribution is 7.49. The monoisotopic (exact) mass is 1660 g/mol. The van der Waals surface area contributed by atoms with Crippen LogP contribution in [0.25, 0.3) is 0 Å². The molecule has 113 heavy (non-hydrogen) atoms. The molecular formula is C66H66F6N9O29P3. The minimum atomic E-state index is -4.27. The van der Waals surface area contributed by atoms with E-state index in [1.54, 1.807) is 39.8 Å². The van der Waals surface area contributed by atoms with Crippen LogP contribution in [0.4, 0.5) is 43.8 Å². The molecule has 2 aliphatic carbocycles. The first-order chi connectivity index (χ1) is 53.3. The van der Waals surface area contributed by atoms with Gasteiger partial charge in [-0.05, 0) is 127 Å². The molecule has 3 amide bonds. The number of rotatable bonds is 16. The first kappa shape index (κ1) is 79.0. The topological polar surface area (TPSA) is 447 Å². The molecule has 8 fully saturated rings. The number of phosphoric ester groups is 3. The summed E-state index contributed by atoms with van der Waals surface area (Å²) in [5, 5.41) is 16.2. The number of aliphatic carboxylic acids is 1. The van der Waals surface area contributed by atoms with Crippen molar-refractivity contribution in [3.63, 3.8) is 0 Å². The smallest absolute Gasteiger partial charge is 0.475 e. The van der Waals surface area contributed by atoms with Crippen molar-refractivity contribution in [1.29, 1.82) is 0 Å². The number of phosphoric acid groups is 3. The number of alkyl halides is 6. The molecule has 13 atom stereocenters. The molecule has 12 heterocycles. The number of carbonyl (C=O) groups is 4. The van der Waals surface area contributed by atoms with E-state index >= 15 is 26.3 Å². The van der Waals surface area contributed by atoms with Gasteiger partial charge in [-0.3, -0.25) is 68.8 Å². The number of nitrogens with zero attached hydrogens (tertiary/aromatic N) is 6. The average molecular weight is 1660 g/mol. The van der Waals surface area contributed by atoms with Crippen molar-refractivity contribution in [2.24, 2.45) is 0 Å². The molecule has 3 aromatic heterocycles. The van der Waals surface area contributed by atoms with Crippen LogP contribution in [-0.4, -0.2) is 174 Å². The Kier molecular flexibility index (Phi) is 20.5. The SMILES string of the molecule is CC(C)OP1(=O)OC[C@H]2OC(n3ccc(NC(=O)c4ccc5c(c4)OC(C(=O)O)O5)nc3=O)C(F)(F)[C@@H]2O1.CC(C)OP1(=O)OC[C@H]2OC(n3ccc(NC(=O)c4ccc5c(c4)OC4(CC4)CO5)nc3=O)C(F)(F)[C@@H]2O1.CC(C)OP1(=O)OC[C@H]2OC(n3ccc(NC(=O)c4ccc5c(c4)OC4(CC4)O5)nc3=O)C(F)(F)[C@@H]2O1. The fraction of sp³-hybridized carbons (Fsp3) is 0.485. The maximum absolute atomic E-state index is 15.3. The van der Waals surface area contributed by atoms with Crippen molar-refractivity contribution in [3.8, 4) is 34.5 Å². The van der Waals surface area contributed by atoms with Crippen molar-refractivity contribution in [1.82, 2.24) is 28.7 Å². The van der Waals surface area contributed by atoms with E-state index in [2.05, 4.69) is 30.9 Å². The molecule has 0 bridgehead atoms. The first-order valence-electron chi connectivity index (χ1n) is 34.6. The van der Waals surface area contributed by atoms with Gasteiger partial charge in [0.1, 0.15) is 48.0 Å². The van der Waals surface area contributed by atoms with Gasteiger partial charge in [-0.15, -0.1) is 0 Å². The number of amides is 3. The maximum atomic E-state index is 15.3. The van der Waals surface area contributed by atoms with Gasteiger partial charge in [-0.1, -0.05) is 0 Å². The van der Waals surface area contributed by atoms with Crippen LogP contribution >= 0.6 is 23.5 Å². The third-order valence-electron chi connectivity index (χ3n) is 18.1. The Morgan fingerprint density at radius 1 is 0.478 bits per heavy atom. The van der Waals surface area contributed by atoms with E-state index in [9.17, 15) is 47.3 Å². The minimum Gasteiger partial charge on any atom is -0.486 e. The summed E-state index contributed by atoms with van der Waals surface area (Å²) >= 11 is 0. The van der Waals surface area contributed by atoms with Crippen LogP contribution in [0.15, 0.2) is 106 Å². The summed E-state index contributed by atoms with van der Waals surface area (Å²) in [6.45, 7) is 8.23. The summed E-state index contributed by atoms with van der Waals surface area (Å²) in [6, 6.07) is 16.7. The number of carboxylic acids is 1. The predicted molar refractivity (Wildman–Crippen MR) is 363 cm³/mol. The van der Waals surface area contributed by atoms with Gasteiger partial charge in [0, 0.05) is 48.1 Å². The van der Waals surface area contributed by atoms with Crippen molar-refractivity contribution >= 4 is 64.6 Å². The van der Waals surface area contributed by atoms with Crippen molar-refractivity contribution in [2.75, 3.05) is 42.4 Å². The normalized spacial score (nSPS) is 29.9. The van der Waals surface area contributed by atoms with Crippen LogP contribution in [0, 0.1) is 0 Å². The summed E-state index contributed by atoms with van der Waals surface area (Å²) < 4.78 is 225. The Hall–Kier alpha value is -9.23. The minimum absolute atomic E-state index is 0.0179. The van der Waals surface area contributed by atoms with E-state index in [0.717, 1.165) is 50.3 Å². The highest BCUT2D eigenvalue weighted by Gasteiger charge is 2.68. The Labute approximate surface area is 631 Å². The fourth-order valence-corrected chi connectivity index (χ4v) is 17.3. The van der Waals surface area contributed by atoms with Crippen molar-refractivity contribution in [3.05, 3.63) is 140 Å². The van der Waals surface area contributed by atoms with Gasteiger partial charge in [-0.25, -0.2) is 32.9 Å². The maximum Gasteiger partial charge on any atom is 0.475 e.